The molecule has 1 aromatic carbocycles. The first-order valence-electron chi connectivity index (χ1n) is 5.49. The smallest absolute Gasteiger partial charge is 0.301 e. The van der Waals surface area contributed by atoms with E-state index in [1.807, 2.05) is 25.1 Å². The van der Waals surface area contributed by atoms with Gasteiger partial charge in [-0.25, -0.2) is 4.72 Å². The molecule has 17 heavy (non-hydrogen) atoms. The van der Waals surface area contributed by atoms with E-state index in [0.717, 1.165) is 5.56 Å². The van der Waals surface area contributed by atoms with Gasteiger partial charge in [0.05, 0.1) is 5.69 Å². The number of nitrogens with two attached hydrogens (primary N) is 1. The van der Waals surface area contributed by atoms with Crippen molar-refractivity contribution >= 4 is 15.9 Å². The van der Waals surface area contributed by atoms with Gasteiger partial charge in [-0.2, -0.15) is 8.42 Å². The fourth-order valence-electron chi connectivity index (χ4n) is 1.52. The number of rotatable bonds is 6. The summed E-state index contributed by atoms with van der Waals surface area (Å²) in [5.41, 5.74) is 7.11. The molecule has 0 aliphatic heterocycles. The molecular formula is C11H19N3O2S. The summed E-state index contributed by atoms with van der Waals surface area (Å²) in [6.07, 6.45) is 0.620. The van der Waals surface area contributed by atoms with Crippen molar-refractivity contribution in [2.45, 2.75) is 13.3 Å². The summed E-state index contributed by atoms with van der Waals surface area (Å²) in [4.78, 5) is 0. The molecule has 6 heteroatoms. The molecule has 0 saturated heterocycles. The van der Waals surface area contributed by atoms with Gasteiger partial charge in [-0.1, -0.05) is 12.1 Å². The number of benzene rings is 1. The van der Waals surface area contributed by atoms with Crippen molar-refractivity contribution < 1.29 is 8.42 Å². The van der Waals surface area contributed by atoms with Crippen molar-refractivity contribution in [3.8, 4) is 0 Å². The largest absolute Gasteiger partial charge is 0.330 e. The van der Waals surface area contributed by atoms with E-state index in [2.05, 4.69) is 4.72 Å². The second-order valence-corrected chi connectivity index (χ2v) is 5.56. The topological polar surface area (TPSA) is 75.4 Å². The van der Waals surface area contributed by atoms with Gasteiger partial charge in [0, 0.05) is 13.6 Å². The molecule has 0 bridgehead atoms. The lowest BCUT2D eigenvalue weighted by molar-refractivity contribution is 0.581. The van der Waals surface area contributed by atoms with Crippen LogP contribution in [0.2, 0.25) is 0 Å². The molecule has 5 nitrogen and oxygen atoms in total. The van der Waals surface area contributed by atoms with Crippen LogP contribution >= 0.6 is 0 Å². The number of anilines is 1. The van der Waals surface area contributed by atoms with Crippen molar-refractivity contribution in [3.63, 3.8) is 0 Å². The Morgan fingerprint density at radius 2 is 2.12 bits per heavy atom. The second kappa shape index (κ2) is 6.00. The summed E-state index contributed by atoms with van der Waals surface area (Å²) in [5.74, 6) is 0. The molecule has 1 rings (SSSR count). The molecule has 0 aliphatic rings. The molecule has 0 spiro atoms. The first-order chi connectivity index (χ1) is 8.01. The third kappa shape index (κ3) is 3.69. The summed E-state index contributed by atoms with van der Waals surface area (Å²) >= 11 is 0. The Balaban J connectivity index is 3.06. The number of hydrogen-bond donors (Lipinski definition) is 2. The number of hydrogen-bond acceptors (Lipinski definition) is 3. The minimum Gasteiger partial charge on any atom is -0.330 e. The number of aryl methyl sites for hydroxylation is 1. The fourth-order valence-corrected chi connectivity index (χ4v) is 2.50. The Labute approximate surface area is 103 Å². The van der Waals surface area contributed by atoms with Gasteiger partial charge in [-0.05, 0) is 37.6 Å². The van der Waals surface area contributed by atoms with E-state index >= 15 is 0 Å². The quantitative estimate of drug-likeness (QED) is 0.784. The van der Waals surface area contributed by atoms with E-state index < -0.39 is 10.2 Å². The van der Waals surface area contributed by atoms with Crippen molar-refractivity contribution in [1.82, 2.24) is 4.72 Å². The molecule has 1 aromatic rings. The Kier molecular flexibility index (Phi) is 4.92. The first-order valence-corrected chi connectivity index (χ1v) is 6.93. The fraction of sp³-hybridized carbons (Fsp3) is 0.455. The van der Waals surface area contributed by atoms with E-state index in [4.69, 9.17) is 5.73 Å². The van der Waals surface area contributed by atoms with Gasteiger partial charge in [0.1, 0.15) is 0 Å². The van der Waals surface area contributed by atoms with E-state index in [-0.39, 0.29) is 0 Å². The highest BCUT2D eigenvalue weighted by Crippen LogP contribution is 2.18. The molecule has 0 heterocycles. The molecule has 0 fully saturated rings. The SMILES string of the molecule is CNS(=O)(=O)N(CCCN)c1cccc(C)c1. The summed E-state index contributed by atoms with van der Waals surface area (Å²) in [6.45, 7) is 2.77. The highest BCUT2D eigenvalue weighted by molar-refractivity contribution is 7.90. The maximum Gasteiger partial charge on any atom is 0.301 e. The van der Waals surface area contributed by atoms with Crippen molar-refractivity contribution in [2.75, 3.05) is 24.4 Å². The highest BCUT2D eigenvalue weighted by atomic mass is 32.2. The van der Waals surface area contributed by atoms with Crippen LogP contribution in [0, 0.1) is 6.92 Å². The maximum absolute atomic E-state index is 11.9. The zero-order valence-electron chi connectivity index (χ0n) is 10.2. The highest BCUT2D eigenvalue weighted by Gasteiger charge is 2.19. The zero-order chi connectivity index (χ0) is 12.9. The molecule has 0 aliphatic carbocycles. The van der Waals surface area contributed by atoms with Crippen LogP contribution in [0.3, 0.4) is 0 Å². The van der Waals surface area contributed by atoms with Crippen LogP contribution in [0.25, 0.3) is 0 Å². The van der Waals surface area contributed by atoms with Gasteiger partial charge in [0.25, 0.3) is 0 Å². The Hall–Kier alpha value is -1.11. The Morgan fingerprint density at radius 1 is 1.41 bits per heavy atom. The summed E-state index contributed by atoms with van der Waals surface area (Å²) in [5, 5.41) is 0. The lowest BCUT2D eigenvalue weighted by Gasteiger charge is -2.23. The van der Waals surface area contributed by atoms with E-state index in [9.17, 15) is 8.42 Å². The predicted molar refractivity (Wildman–Crippen MR) is 70.2 cm³/mol. The lowest BCUT2D eigenvalue weighted by atomic mass is 10.2. The Bertz CT molecular complexity index is 460. The molecule has 0 unspecified atom stereocenters. The molecule has 0 saturated carbocycles. The van der Waals surface area contributed by atoms with Crippen molar-refractivity contribution in [3.05, 3.63) is 29.8 Å². The third-order valence-corrected chi connectivity index (χ3v) is 3.89. The van der Waals surface area contributed by atoms with Crippen LogP contribution in [-0.4, -0.2) is 28.6 Å². The van der Waals surface area contributed by atoms with Crippen molar-refractivity contribution in [2.24, 2.45) is 5.73 Å². The molecule has 0 atom stereocenters. The summed E-state index contributed by atoms with van der Waals surface area (Å²) < 4.78 is 27.4. The van der Waals surface area contributed by atoms with Gasteiger partial charge in [0.15, 0.2) is 0 Å². The lowest BCUT2D eigenvalue weighted by Crippen LogP contribution is -2.40. The van der Waals surface area contributed by atoms with Crippen LogP contribution in [0.4, 0.5) is 5.69 Å². The zero-order valence-corrected chi connectivity index (χ0v) is 11.0. The molecule has 3 N–H and O–H groups in total. The molecule has 0 radical (unpaired) electrons. The average Bonchev–Trinajstić information content (AvgIpc) is 2.29. The number of nitrogens with one attached hydrogen (secondary N) is 1. The van der Waals surface area contributed by atoms with E-state index in [0.29, 0.717) is 25.2 Å². The molecule has 0 amide bonds. The van der Waals surface area contributed by atoms with Crippen LogP contribution < -0.4 is 14.8 Å². The first kappa shape index (κ1) is 14.0. The van der Waals surface area contributed by atoms with Crippen LogP contribution in [0.1, 0.15) is 12.0 Å². The molecular weight excluding hydrogens is 238 g/mol. The van der Waals surface area contributed by atoms with Crippen LogP contribution in [0.15, 0.2) is 24.3 Å². The predicted octanol–water partition coefficient (Wildman–Crippen LogP) is 0.614. The third-order valence-electron chi connectivity index (χ3n) is 2.40. The minimum absolute atomic E-state index is 0.378. The number of nitrogens with zero attached hydrogens (tertiary/aromatic N) is 1. The van der Waals surface area contributed by atoms with E-state index in [1.165, 1.54) is 11.4 Å². The minimum atomic E-state index is -3.47. The van der Waals surface area contributed by atoms with Crippen LogP contribution in [-0.2, 0) is 10.2 Å². The summed E-state index contributed by atoms with van der Waals surface area (Å²) in [6, 6.07) is 7.38. The Morgan fingerprint density at radius 3 is 2.65 bits per heavy atom. The maximum atomic E-state index is 11.9. The average molecular weight is 257 g/mol. The molecule has 96 valence electrons. The van der Waals surface area contributed by atoms with Gasteiger partial charge in [0.2, 0.25) is 0 Å². The van der Waals surface area contributed by atoms with Crippen LogP contribution in [0.5, 0.6) is 0 Å². The van der Waals surface area contributed by atoms with Gasteiger partial charge >= 0.3 is 10.2 Å². The standard InChI is InChI=1S/C11H19N3O2S/c1-10-5-3-6-11(9-10)14(8-4-7-12)17(15,16)13-2/h3,5-6,9,13H,4,7-8,12H2,1-2H3. The van der Waals surface area contributed by atoms with Gasteiger partial charge < -0.3 is 5.73 Å². The van der Waals surface area contributed by atoms with Gasteiger partial charge in [-0.15, -0.1) is 0 Å². The monoisotopic (exact) mass is 257 g/mol. The van der Waals surface area contributed by atoms with Gasteiger partial charge in [-0.3, -0.25) is 4.31 Å². The second-order valence-electron chi connectivity index (χ2n) is 3.76. The molecule has 0 aromatic heterocycles. The normalized spacial score (nSPS) is 11.5. The summed E-state index contributed by atoms with van der Waals surface area (Å²) in [7, 11) is -2.07. The van der Waals surface area contributed by atoms with Crippen molar-refractivity contribution in [1.29, 1.82) is 0 Å². The van der Waals surface area contributed by atoms with E-state index in [1.54, 1.807) is 6.07 Å².